The van der Waals surface area contributed by atoms with Crippen molar-refractivity contribution in [2.45, 2.75) is 46.1 Å². The van der Waals surface area contributed by atoms with Crippen LogP contribution < -0.4 is 10.6 Å². The van der Waals surface area contributed by atoms with Gasteiger partial charge in [-0.15, -0.1) is 0 Å². The van der Waals surface area contributed by atoms with Gasteiger partial charge in [-0.25, -0.2) is 0 Å². The number of carbonyl (C=O) groups is 1. The van der Waals surface area contributed by atoms with E-state index < -0.39 is 0 Å². The third-order valence-electron chi connectivity index (χ3n) is 3.47. The Hall–Kier alpha value is -0.220. The molecule has 0 aromatic carbocycles. The van der Waals surface area contributed by atoms with Gasteiger partial charge in [-0.1, -0.05) is 13.8 Å². The van der Waals surface area contributed by atoms with Crippen LogP contribution in [0.2, 0.25) is 0 Å². The highest BCUT2D eigenvalue weighted by Gasteiger charge is 2.17. The van der Waals surface area contributed by atoms with E-state index in [1.54, 1.807) is 0 Å². The van der Waals surface area contributed by atoms with Gasteiger partial charge in [0.15, 0.2) is 0 Å². The Morgan fingerprint density at radius 1 is 1.28 bits per heavy atom. The summed E-state index contributed by atoms with van der Waals surface area (Å²) in [5, 5.41) is 6.36. The van der Waals surface area contributed by atoms with Crippen molar-refractivity contribution in [1.82, 2.24) is 10.6 Å². The Bertz CT molecular complexity index is 240. The van der Waals surface area contributed by atoms with Crippen molar-refractivity contribution in [3.63, 3.8) is 0 Å². The SMILES string of the molecule is CC(C)CCNC(=O)C(C)NCC1CCSCC1. The lowest BCUT2D eigenvalue weighted by Gasteiger charge is -2.23. The molecule has 0 spiro atoms. The highest BCUT2D eigenvalue weighted by molar-refractivity contribution is 7.99. The summed E-state index contributed by atoms with van der Waals surface area (Å²) >= 11 is 2.05. The van der Waals surface area contributed by atoms with Crippen LogP contribution >= 0.6 is 11.8 Å². The van der Waals surface area contributed by atoms with Gasteiger partial charge in [0.05, 0.1) is 6.04 Å². The van der Waals surface area contributed by atoms with E-state index in [0.29, 0.717) is 5.92 Å². The Balaban J connectivity index is 2.10. The van der Waals surface area contributed by atoms with Crippen LogP contribution in [0.15, 0.2) is 0 Å². The standard InChI is InChI=1S/C14H28N2OS/c1-11(2)4-7-15-14(17)12(3)16-10-13-5-8-18-9-6-13/h11-13,16H,4-10H2,1-3H3,(H,15,17). The first-order chi connectivity index (χ1) is 8.59. The molecule has 0 bridgehead atoms. The fourth-order valence-electron chi connectivity index (χ4n) is 2.02. The molecule has 1 unspecified atom stereocenters. The number of carbonyl (C=O) groups excluding carboxylic acids is 1. The van der Waals surface area contributed by atoms with E-state index in [2.05, 4.69) is 24.5 Å². The molecule has 1 fully saturated rings. The van der Waals surface area contributed by atoms with E-state index in [-0.39, 0.29) is 11.9 Å². The lowest BCUT2D eigenvalue weighted by molar-refractivity contribution is -0.122. The molecule has 0 radical (unpaired) electrons. The Kier molecular flexibility index (Phi) is 7.75. The summed E-state index contributed by atoms with van der Waals surface area (Å²) in [4.78, 5) is 11.8. The molecule has 3 nitrogen and oxygen atoms in total. The molecule has 1 saturated heterocycles. The predicted octanol–water partition coefficient (Wildman–Crippen LogP) is 2.27. The number of rotatable bonds is 7. The molecule has 1 aliphatic rings. The van der Waals surface area contributed by atoms with E-state index >= 15 is 0 Å². The first-order valence-electron chi connectivity index (χ1n) is 7.18. The molecular weight excluding hydrogens is 244 g/mol. The van der Waals surface area contributed by atoms with Crippen molar-refractivity contribution in [2.24, 2.45) is 11.8 Å². The molecule has 1 atom stereocenters. The van der Waals surface area contributed by atoms with Crippen molar-refractivity contribution < 1.29 is 4.79 Å². The third-order valence-corrected chi connectivity index (χ3v) is 4.52. The highest BCUT2D eigenvalue weighted by Crippen LogP contribution is 2.21. The van der Waals surface area contributed by atoms with Gasteiger partial charge in [0.2, 0.25) is 5.91 Å². The molecule has 1 rings (SSSR count). The van der Waals surface area contributed by atoms with Crippen LogP contribution in [0.25, 0.3) is 0 Å². The zero-order chi connectivity index (χ0) is 13.4. The highest BCUT2D eigenvalue weighted by atomic mass is 32.2. The molecule has 18 heavy (non-hydrogen) atoms. The van der Waals surface area contributed by atoms with Crippen LogP contribution in [0, 0.1) is 11.8 Å². The Morgan fingerprint density at radius 3 is 2.56 bits per heavy atom. The first kappa shape index (κ1) is 15.8. The summed E-state index contributed by atoms with van der Waals surface area (Å²) < 4.78 is 0. The van der Waals surface area contributed by atoms with Gasteiger partial charge >= 0.3 is 0 Å². The van der Waals surface area contributed by atoms with E-state index in [1.165, 1.54) is 24.3 Å². The monoisotopic (exact) mass is 272 g/mol. The molecule has 0 aromatic rings. The van der Waals surface area contributed by atoms with Crippen molar-refractivity contribution in [2.75, 3.05) is 24.6 Å². The summed E-state index contributed by atoms with van der Waals surface area (Å²) in [6.45, 7) is 8.09. The number of thioether (sulfide) groups is 1. The molecule has 4 heteroatoms. The predicted molar refractivity (Wildman–Crippen MR) is 80.0 cm³/mol. The maximum Gasteiger partial charge on any atom is 0.236 e. The summed E-state index contributed by atoms with van der Waals surface area (Å²) in [7, 11) is 0. The van der Waals surface area contributed by atoms with Crippen LogP contribution in [0.1, 0.15) is 40.0 Å². The third kappa shape index (κ3) is 6.64. The van der Waals surface area contributed by atoms with Gasteiger partial charge in [0.1, 0.15) is 0 Å². The number of hydrogen-bond donors (Lipinski definition) is 2. The molecule has 0 aromatic heterocycles. The minimum Gasteiger partial charge on any atom is -0.355 e. The maximum absolute atomic E-state index is 11.8. The average molecular weight is 272 g/mol. The second-order valence-corrected chi connectivity index (χ2v) is 6.88. The molecule has 1 amide bonds. The fraction of sp³-hybridized carbons (Fsp3) is 0.929. The summed E-state index contributed by atoms with van der Waals surface area (Å²) in [6.07, 6.45) is 3.64. The maximum atomic E-state index is 11.8. The first-order valence-corrected chi connectivity index (χ1v) is 8.34. The van der Waals surface area contributed by atoms with Gasteiger partial charge in [0, 0.05) is 6.54 Å². The second-order valence-electron chi connectivity index (χ2n) is 5.66. The van der Waals surface area contributed by atoms with Crippen LogP contribution in [0.4, 0.5) is 0 Å². The van der Waals surface area contributed by atoms with Crippen molar-refractivity contribution >= 4 is 17.7 Å². The molecule has 1 aliphatic heterocycles. The Morgan fingerprint density at radius 2 is 1.94 bits per heavy atom. The van der Waals surface area contributed by atoms with Gasteiger partial charge in [-0.05, 0) is 56.1 Å². The molecule has 0 aliphatic carbocycles. The average Bonchev–Trinajstić information content (AvgIpc) is 2.36. The van der Waals surface area contributed by atoms with Crippen LogP contribution in [-0.4, -0.2) is 36.5 Å². The minimum atomic E-state index is -0.0632. The fourth-order valence-corrected chi connectivity index (χ4v) is 3.23. The van der Waals surface area contributed by atoms with E-state index in [9.17, 15) is 4.79 Å². The quantitative estimate of drug-likeness (QED) is 0.747. The van der Waals surface area contributed by atoms with Crippen molar-refractivity contribution in [3.05, 3.63) is 0 Å². The van der Waals surface area contributed by atoms with Crippen LogP contribution in [0.3, 0.4) is 0 Å². The minimum absolute atomic E-state index is 0.0632. The topological polar surface area (TPSA) is 41.1 Å². The smallest absolute Gasteiger partial charge is 0.236 e. The van der Waals surface area contributed by atoms with E-state index in [4.69, 9.17) is 0 Å². The summed E-state index contributed by atoms with van der Waals surface area (Å²) in [5.74, 6) is 4.11. The lowest BCUT2D eigenvalue weighted by Crippen LogP contribution is -2.44. The number of nitrogens with one attached hydrogen (secondary N) is 2. The second kappa shape index (κ2) is 8.81. The van der Waals surface area contributed by atoms with Crippen LogP contribution in [0.5, 0.6) is 0 Å². The zero-order valence-corrected chi connectivity index (χ0v) is 12.8. The van der Waals surface area contributed by atoms with Gasteiger partial charge < -0.3 is 10.6 Å². The Labute approximate surface area is 116 Å². The van der Waals surface area contributed by atoms with Crippen LogP contribution in [-0.2, 0) is 4.79 Å². The largest absolute Gasteiger partial charge is 0.355 e. The molecule has 1 heterocycles. The van der Waals surface area contributed by atoms with Crippen molar-refractivity contribution in [3.8, 4) is 0 Å². The summed E-state index contributed by atoms with van der Waals surface area (Å²) in [5.41, 5.74) is 0. The van der Waals surface area contributed by atoms with Gasteiger partial charge in [0.25, 0.3) is 0 Å². The van der Waals surface area contributed by atoms with E-state index in [0.717, 1.165) is 25.4 Å². The molecule has 2 N–H and O–H groups in total. The van der Waals surface area contributed by atoms with Crippen molar-refractivity contribution in [1.29, 1.82) is 0 Å². The van der Waals surface area contributed by atoms with E-state index in [1.807, 2.05) is 18.7 Å². The molecular formula is C14H28N2OS. The molecule has 0 saturated carbocycles. The summed E-state index contributed by atoms with van der Waals surface area (Å²) in [6, 6.07) is -0.0632. The zero-order valence-electron chi connectivity index (χ0n) is 12.0. The molecule has 106 valence electrons. The number of amides is 1. The normalized spacial score (nSPS) is 18.9. The van der Waals surface area contributed by atoms with Gasteiger partial charge in [-0.2, -0.15) is 11.8 Å². The lowest BCUT2D eigenvalue weighted by atomic mass is 10.0. The van der Waals surface area contributed by atoms with Gasteiger partial charge in [-0.3, -0.25) is 4.79 Å². The number of hydrogen-bond acceptors (Lipinski definition) is 3.